The highest BCUT2D eigenvalue weighted by molar-refractivity contribution is 7.92. The molecule has 1 aliphatic carbocycles. The molecule has 1 saturated carbocycles. The first kappa shape index (κ1) is 33.7. The van der Waals surface area contributed by atoms with E-state index in [4.69, 9.17) is 14.5 Å². The summed E-state index contributed by atoms with van der Waals surface area (Å²) in [4.78, 5) is 21.8. The van der Waals surface area contributed by atoms with E-state index in [0.29, 0.717) is 24.1 Å². The lowest BCUT2D eigenvalue weighted by atomic mass is 9.68. The molecule has 1 aliphatic heterocycles. The van der Waals surface area contributed by atoms with Gasteiger partial charge in [0.25, 0.3) is 10.0 Å². The van der Waals surface area contributed by atoms with Gasteiger partial charge in [0.2, 0.25) is 11.8 Å². The number of hydrogen-bond donors (Lipinski definition) is 2. The van der Waals surface area contributed by atoms with E-state index in [1.807, 2.05) is 71.0 Å². The van der Waals surface area contributed by atoms with Gasteiger partial charge in [-0.3, -0.25) is 0 Å². The summed E-state index contributed by atoms with van der Waals surface area (Å²) in [6.07, 6.45) is 3.81. The van der Waals surface area contributed by atoms with Gasteiger partial charge in [-0.1, -0.05) is 44.2 Å². The topological polar surface area (TPSA) is 120 Å². The quantitative estimate of drug-likeness (QED) is 0.281. The van der Waals surface area contributed by atoms with Crippen LogP contribution in [0.25, 0.3) is 11.3 Å². The van der Waals surface area contributed by atoms with Gasteiger partial charge in [-0.25, -0.2) is 22.9 Å². The number of amides is 1. The number of alkyl carbamates (subject to hydrolysis) is 1. The Morgan fingerprint density at radius 3 is 2.33 bits per heavy atom. The normalized spacial score (nSPS) is 22.6. The molecule has 2 N–H and O–H groups in total. The van der Waals surface area contributed by atoms with Gasteiger partial charge in [0, 0.05) is 23.1 Å². The highest BCUT2D eigenvalue weighted by Crippen LogP contribution is 2.44. The van der Waals surface area contributed by atoms with Gasteiger partial charge >= 0.3 is 6.09 Å². The third-order valence-corrected chi connectivity index (χ3v) is 10.6. The number of nitrogens with zero attached hydrogens (tertiary/aromatic N) is 2. The Morgan fingerprint density at radius 1 is 1.00 bits per heavy atom. The molecule has 1 fully saturated rings. The predicted octanol–water partition coefficient (Wildman–Crippen LogP) is 7.70. The Kier molecular flexibility index (Phi) is 10.2. The van der Waals surface area contributed by atoms with Crippen molar-refractivity contribution in [1.29, 1.82) is 0 Å². The molecule has 0 radical (unpaired) electrons. The zero-order chi connectivity index (χ0) is 33.2. The Bertz CT molecular complexity index is 1640. The second-order valence-corrected chi connectivity index (χ2v) is 15.4. The van der Waals surface area contributed by atoms with Gasteiger partial charge in [-0.2, -0.15) is 4.98 Å². The number of hydrogen-bond acceptors (Lipinski definition) is 7. The highest BCUT2D eigenvalue weighted by Gasteiger charge is 2.36. The zero-order valence-corrected chi connectivity index (χ0v) is 28.9. The van der Waals surface area contributed by atoms with Crippen molar-refractivity contribution in [2.75, 3.05) is 11.3 Å². The molecule has 46 heavy (non-hydrogen) atoms. The second kappa shape index (κ2) is 14.0. The van der Waals surface area contributed by atoms with Crippen molar-refractivity contribution in [1.82, 2.24) is 15.3 Å². The van der Waals surface area contributed by atoms with Crippen molar-refractivity contribution in [3.05, 3.63) is 64.7 Å². The first-order valence-corrected chi connectivity index (χ1v) is 18.0. The summed E-state index contributed by atoms with van der Waals surface area (Å²) in [5, 5.41) is 3.04. The molecular formula is C36H48N4O5S. The fraction of sp³-hybridized carbons (Fsp3) is 0.528. The number of aryl methyl sites for hydroxylation is 2. The lowest BCUT2D eigenvalue weighted by molar-refractivity contribution is 0.105. The molecule has 5 rings (SSSR count). The molecular weight excluding hydrogens is 600 g/mol. The third kappa shape index (κ3) is 7.65. The fourth-order valence-electron chi connectivity index (χ4n) is 7.26. The summed E-state index contributed by atoms with van der Waals surface area (Å²) in [5.74, 6) is 1.22. The molecule has 2 atom stereocenters. The molecule has 2 heterocycles. The molecule has 1 unspecified atom stereocenters. The lowest BCUT2D eigenvalue weighted by Gasteiger charge is -2.39. The van der Waals surface area contributed by atoms with Gasteiger partial charge in [0.15, 0.2) is 0 Å². The summed E-state index contributed by atoms with van der Waals surface area (Å²) in [5.41, 5.74) is 5.44. The Morgan fingerprint density at radius 2 is 1.67 bits per heavy atom. The van der Waals surface area contributed by atoms with Crippen molar-refractivity contribution in [2.24, 2.45) is 17.8 Å². The Hall–Kier alpha value is -3.66. The highest BCUT2D eigenvalue weighted by atomic mass is 32.2. The lowest BCUT2D eigenvalue weighted by Crippen LogP contribution is -2.40. The van der Waals surface area contributed by atoms with Crippen LogP contribution >= 0.6 is 0 Å². The van der Waals surface area contributed by atoms with Crippen LogP contribution in [0.4, 0.5) is 10.7 Å². The fourth-order valence-corrected chi connectivity index (χ4v) is 8.26. The number of nitrogens with one attached hydrogen (secondary N) is 2. The second-order valence-electron chi connectivity index (χ2n) is 13.7. The molecule has 0 saturated heterocycles. The summed E-state index contributed by atoms with van der Waals surface area (Å²) in [6.45, 7) is 14.5. The van der Waals surface area contributed by atoms with E-state index in [9.17, 15) is 13.2 Å². The third-order valence-electron chi connectivity index (χ3n) is 9.26. The van der Waals surface area contributed by atoms with Crippen LogP contribution in [0.5, 0.6) is 5.88 Å². The van der Waals surface area contributed by atoms with Gasteiger partial charge < -0.3 is 14.8 Å². The van der Waals surface area contributed by atoms with E-state index in [1.54, 1.807) is 6.07 Å². The summed E-state index contributed by atoms with van der Waals surface area (Å²) >= 11 is 0. The number of ether oxygens (including phenoxy) is 2. The molecule has 2 aromatic carbocycles. The molecule has 1 amide bonds. The van der Waals surface area contributed by atoms with Crippen LogP contribution in [0.2, 0.25) is 0 Å². The van der Waals surface area contributed by atoms with Crippen molar-refractivity contribution >= 4 is 22.1 Å². The van der Waals surface area contributed by atoms with Crippen molar-refractivity contribution in [3.8, 4) is 17.1 Å². The van der Waals surface area contributed by atoms with E-state index >= 15 is 0 Å². The number of carbonyl (C=O) groups is 1. The summed E-state index contributed by atoms with van der Waals surface area (Å²) < 4.78 is 42.3. The molecule has 3 aromatic rings. The SMILES string of the molecule is Cc1cccc(C)c1-c1nc2nc(c1C)OC[C@@H](CC(C)C)C(C1CCC(NC(=O)OC(C)C)CC1)c1cccc(c1)S(=O)(=O)N2. The van der Waals surface area contributed by atoms with E-state index < -0.39 is 10.0 Å². The van der Waals surface area contributed by atoms with E-state index in [2.05, 4.69) is 28.9 Å². The molecule has 4 bridgehead atoms. The minimum atomic E-state index is -4.00. The van der Waals surface area contributed by atoms with Crippen LogP contribution in [-0.4, -0.2) is 43.2 Å². The largest absolute Gasteiger partial charge is 0.477 e. The minimum absolute atomic E-state index is 0.0111. The molecule has 1 aromatic heterocycles. The molecule has 2 aliphatic rings. The van der Waals surface area contributed by atoms with Gasteiger partial charge in [0.05, 0.1) is 23.3 Å². The molecule has 9 nitrogen and oxygen atoms in total. The first-order chi connectivity index (χ1) is 21.8. The van der Waals surface area contributed by atoms with Gasteiger partial charge in [-0.15, -0.1) is 0 Å². The number of fused-ring (bicyclic) bond motifs is 4. The Balaban J connectivity index is 1.55. The van der Waals surface area contributed by atoms with Crippen LogP contribution in [-0.2, 0) is 14.8 Å². The van der Waals surface area contributed by atoms with Crippen LogP contribution in [0.1, 0.15) is 88.0 Å². The standard InChI is InChI=1S/C36H48N4O5S/c1-21(2)18-28-20-44-34-25(7)33(31-23(5)10-8-11-24(31)6)38-35(39-34)40-46(42,43)30-13-9-12-27(19-30)32(28)26-14-16-29(17-15-26)37-36(41)45-22(3)4/h8-13,19,21-22,26,28-29,32H,14-18,20H2,1-7H3,(H,37,41)(H,38,39,40)/t26?,28-,29?,32?/m1/s1. The summed E-state index contributed by atoms with van der Waals surface area (Å²) in [7, 11) is -4.00. The van der Waals surface area contributed by atoms with Crippen LogP contribution < -0.4 is 14.8 Å². The number of sulfonamides is 1. The van der Waals surface area contributed by atoms with Crippen molar-refractivity contribution in [2.45, 2.75) is 104 Å². The van der Waals surface area contributed by atoms with E-state index in [0.717, 1.165) is 59.9 Å². The van der Waals surface area contributed by atoms with Gasteiger partial charge in [-0.05, 0) is 113 Å². The number of rotatable bonds is 6. The van der Waals surface area contributed by atoms with Crippen LogP contribution in [0, 0.1) is 38.5 Å². The van der Waals surface area contributed by atoms with Gasteiger partial charge in [0.1, 0.15) is 0 Å². The van der Waals surface area contributed by atoms with Crippen molar-refractivity contribution < 1.29 is 22.7 Å². The maximum absolute atomic E-state index is 13.8. The minimum Gasteiger partial charge on any atom is -0.477 e. The average molecular weight is 649 g/mol. The van der Waals surface area contributed by atoms with E-state index in [1.165, 1.54) is 0 Å². The predicted molar refractivity (Wildman–Crippen MR) is 181 cm³/mol. The zero-order valence-electron chi connectivity index (χ0n) is 28.1. The first-order valence-electron chi connectivity index (χ1n) is 16.5. The van der Waals surface area contributed by atoms with Crippen LogP contribution in [0.3, 0.4) is 0 Å². The maximum atomic E-state index is 13.8. The maximum Gasteiger partial charge on any atom is 0.407 e. The molecule has 0 spiro atoms. The Labute approximate surface area is 274 Å². The monoisotopic (exact) mass is 648 g/mol. The number of anilines is 1. The molecule has 10 heteroatoms. The van der Waals surface area contributed by atoms with Crippen molar-refractivity contribution in [3.63, 3.8) is 0 Å². The average Bonchev–Trinajstić information content (AvgIpc) is 2.97. The summed E-state index contributed by atoms with van der Waals surface area (Å²) in [6, 6.07) is 13.4. The number of carbonyl (C=O) groups excluding carboxylic acids is 1. The van der Waals surface area contributed by atoms with E-state index in [-0.39, 0.29) is 46.8 Å². The van der Waals surface area contributed by atoms with Crippen LogP contribution in [0.15, 0.2) is 47.4 Å². The number of benzene rings is 2. The number of aromatic nitrogens is 2. The molecule has 248 valence electrons. The smallest absolute Gasteiger partial charge is 0.407 e.